The fraction of sp³-hybridized carbons (Fsp3) is 0.625. The van der Waals surface area contributed by atoms with Gasteiger partial charge in [0.05, 0.1) is 5.56 Å². The van der Waals surface area contributed by atoms with E-state index in [0.717, 1.165) is 29.9 Å². The van der Waals surface area contributed by atoms with Gasteiger partial charge >= 0.3 is 0 Å². The van der Waals surface area contributed by atoms with Gasteiger partial charge in [0.15, 0.2) is 0 Å². The molecule has 1 heterocycles. The zero-order chi connectivity index (χ0) is 15.4. The Morgan fingerprint density at radius 3 is 2.57 bits per heavy atom. The van der Waals surface area contributed by atoms with Gasteiger partial charge in [-0.15, -0.1) is 0 Å². The average molecular weight is 290 g/mol. The van der Waals surface area contributed by atoms with Crippen molar-refractivity contribution in [1.82, 2.24) is 4.98 Å². The number of carbonyl (C=O) groups is 1. The molecule has 0 bridgehead atoms. The van der Waals surface area contributed by atoms with Crippen LogP contribution in [0.15, 0.2) is 6.07 Å². The molecule has 1 saturated carbocycles. The summed E-state index contributed by atoms with van der Waals surface area (Å²) in [6.45, 7) is 5.12. The van der Waals surface area contributed by atoms with Crippen molar-refractivity contribution in [2.45, 2.75) is 52.0 Å². The first-order valence-corrected chi connectivity index (χ1v) is 7.79. The summed E-state index contributed by atoms with van der Waals surface area (Å²) in [5.74, 6) is 0.310. The predicted molar refractivity (Wildman–Crippen MR) is 85.5 cm³/mol. The summed E-state index contributed by atoms with van der Waals surface area (Å²) in [4.78, 5) is 18.7. The molecule has 116 valence electrons. The smallest absolute Gasteiger partial charge is 0.252 e. The normalized spacial score (nSPS) is 16.0. The zero-order valence-corrected chi connectivity index (χ0v) is 13.1. The number of amides is 1. The number of nitrogens with two attached hydrogens (primary N) is 2. The Kier molecular flexibility index (Phi) is 5.17. The Labute approximate surface area is 126 Å². The lowest BCUT2D eigenvalue weighted by Crippen LogP contribution is -2.42. The summed E-state index contributed by atoms with van der Waals surface area (Å²) in [5.41, 5.74) is 13.7. The number of nitrogens with zero attached hydrogens (tertiary/aromatic N) is 2. The molecule has 21 heavy (non-hydrogen) atoms. The molecule has 1 aliphatic rings. The van der Waals surface area contributed by atoms with Gasteiger partial charge < -0.3 is 16.4 Å². The number of aryl methyl sites for hydroxylation is 2. The molecule has 0 aromatic carbocycles. The number of carbonyl (C=O) groups excluding carboxylic acids is 1. The molecule has 0 spiro atoms. The van der Waals surface area contributed by atoms with Crippen LogP contribution < -0.4 is 16.4 Å². The molecule has 1 aromatic rings. The van der Waals surface area contributed by atoms with E-state index in [1.807, 2.05) is 19.9 Å². The average Bonchev–Trinajstić information content (AvgIpc) is 2.44. The van der Waals surface area contributed by atoms with E-state index in [-0.39, 0.29) is 0 Å². The molecular formula is C16H26N4O. The van der Waals surface area contributed by atoms with Gasteiger partial charge in [0.1, 0.15) is 5.82 Å². The Bertz CT molecular complexity index is 509. The van der Waals surface area contributed by atoms with Gasteiger partial charge in [0.25, 0.3) is 5.91 Å². The number of pyridine rings is 1. The van der Waals surface area contributed by atoms with Crippen molar-refractivity contribution in [2.75, 3.05) is 18.0 Å². The van der Waals surface area contributed by atoms with Crippen LogP contribution in [0.4, 0.5) is 5.82 Å². The van der Waals surface area contributed by atoms with Crippen molar-refractivity contribution in [3.8, 4) is 0 Å². The molecular weight excluding hydrogens is 264 g/mol. The monoisotopic (exact) mass is 290 g/mol. The summed E-state index contributed by atoms with van der Waals surface area (Å²) in [6, 6.07) is 2.32. The van der Waals surface area contributed by atoms with Gasteiger partial charge in [-0.2, -0.15) is 0 Å². The lowest BCUT2D eigenvalue weighted by molar-refractivity contribution is 0.0999. The molecule has 0 saturated heterocycles. The summed E-state index contributed by atoms with van der Waals surface area (Å²) >= 11 is 0. The van der Waals surface area contributed by atoms with E-state index in [1.165, 1.54) is 19.3 Å². The van der Waals surface area contributed by atoms with Crippen LogP contribution in [0.5, 0.6) is 0 Å². The summed E-state index contributed by atoms with van der Waals surface area (Å²) in [7, 11) is 0. The zero-order valence-electron chi connectivity index (χ0n) is 13.1. The lowest BCUT2D eigenvalue weighted by Gasteiger charge is -2.36. The Hall–Kier alpha value is -1.62. The highest BCUT2D eigenvalue weighted by Crippen LogP contribution is 2.29. The number of aromatic nitrogens is 1. The minimum atomic E-state index is -0.409. The van der Waals surface area contributed by atoms with E-state index >= 15 is 0 Å². The van der Waals surface area contributed by atoms with Crippen molar-refractivity contribution in [3.63, 3.8) is 0 Å². The Morgan fingerprint density at radius 2 is 2.00 bits per heavy atom. The second-order valence-corrected chi connectivity index (χ2v) is 5.92. The maximum atomic E-state index is 11.9. The van der Waals surface area contributed by atoms with Gasteiger partial charge in [-0.05, 0) is 38.3 Å². The van der Waals surface area contributed by atoms with Crippen LogP contribution in [0, 0.1) is 13.8 Å². The standard InChI is InChI=1S/C16H26N4O/c1-11-10-12(2)19-16(14(11)15(18)21)20(9-8-17)13-6-4-3-5-7-13/h10,13H,3-9,17H2,1-2H3,(H2,18,21). The lowest BCUT2D eigenvalue weighted by atomic mass is 9.93. The molecule has 5 heteroatoms. The molecule has 0 atom stereocenters. The number of primary amides is 1. The summed E-state index contributed by atoms with van der Waals surface area (Å²) < 4.78 is 0. The van der Waals surface area contributed by atoms with Gasteiger partial charge in [0.2, 0.25) is 0 Å². The largest absolute Gasteiger partial charge is 0.365 e. The first kappa shape index (κ1) is 15.8. The summed E-state index contributed by atoms with van der Waals surface area (Å²) in [5, 5.41) is 0. The van der Waals surface area contributed by atoms with Crippen LogP contribution in [0.3, 0.4) is 0 Å². The molecule has 4 N–H and O–H groups in total. The van der Waals surface area contributed by atoms with Gasteiger partial charge in [-0.1, -0.05) is 19.3 Å². The third-order valence-corrected chi connectivity index (χ3v) is 4.23. The predicted octanol–water partition coefficient (Wildman–Crippen LogP) is 1.90. The Balaban J connectivity index is 2.45. The van der Waals surface area contributed by atoms with Crippen molar-refractivity contribution < 1.29 is 4.79 Å². The van der Waals surface area contributed by atoms with Crippen LogP contribution in [0.2, 0.25) is 0 Å². The fourth-order valence-corrected chi connectivity index (χ4v) is 3.32. The van der Waals surface area contributed by atoms with E-state index in [4.69, 9.17) is 11.5 Å². The van der Waals surface area contributed by atoms with E-state index < -0.39 is 5.91 Å². The highest BCUT2D eigenvalue weighted by atomic mass is 16.1. The highest BCUT2D eigenvalue weighted by Gasteiger charge is 2.26. The molecule has 0 radical (unpaired) electrons. The maximum Gasteiger partial charge on any atom is 0.252 e. The fourth-order valence-electron chi connectivity index (χ4n) is 3.32. The summed E-state index contributed by atoms with van der Waals surface area (Å²) in [6.07, 6.45) is 6.00. The second-order valence-electron chi connectivity index (χ2n) is 5.92. The van der Waals surface area contributed by atoms with Gasteiger partial charge in [-0.3, -0.25) is 4.79 Å². The SMILES string of the molecule is Cc1cc(C)c(C(N)=O)c(N(CCN)C2CCCCC2)n1. The minimum absolute atomic E-state index is 0.409. The van der Waals surface area contributed by atoms with Crippen LogP contribution in [-0.2, 0) is 0 Å². The van der Waals surface area contributed by atoms with Crippen molar-refractivity contribution in [3.05, 3.63) is 22.9 Å². The maximum absolute atomic E-state index is 11.9. The molecule has 0 aliphatic heterocycles. The molecule has 1 aromatic heterocycles. The van der Waals surface area contributed by atoms with E-state index in [0.29, 0.717) is 24.7 Å². The van der Waals surface area contributed by atoms with Crippen molar-refractivity contribution >= 4 is 11.7 Å². The molecule has 1 aliphatic carbocycles. The number of anilines is 1. The minimum Gasteiger partial charge on any atom is -0.365 e. The third-order valence-electron chi connectivity index (χ3n) is 4.23. The van der Waals surface area contributed by atoms with Crippen molar-refractivity contribution in [2.24, 2.45) is 11.5 Å². The van der Waals surface area contributed by atoms with Gasteiger partial charge in [0, 0.05) is 24.8 Å². The van der Waals surface area contributed by atoms with Crippen LogP contribution in [0.1, 0.15) is 53.7 Å². The van der Waals surface area contributed by atoms with Crippen molar-refractivity contribution in [1.29, 1.82) is 0 Å². The Morgan fingerprint density at radius 1 is 1.33 bits per heavy atom. The molecule has 1 amide bonds. The quantitative estimate of drug-likeness (QED) is 0.867. The molecule has 0 unspecified atom stereocenters. The molecule has 1 fully saturated rings. The highest BCUT2D eigenvalue weighted by molar-refractivity contribution is 5.99. The van der Waals surface area contributed by atoms with E-state index in [9.17, 15) is 4.79 Å². The van der Waals surface area contributed by atoms with Crippen LogP contribution >= 0.6 is 0 Å². The molecule has 2 rings (SSSR count). The van der Waals surface area contributed by atoms with E-state index in [1.54, 1.807) is 0 Å². The number of hydrogen-bond acceptors (Lipinski definition) is 4. The van der Waals surface area contributed by atoms with Crippen LogP contribution in [0.25, 0.3) is 0 Å². The second kappa shape index (κ2) is 6.89. The van der Waals surface area contributed by atoms with E-state index in [2.05, 4.69) is 9.88 Å². The topological polar surface area (TPSA) is 85.2 Å². The number of rotatable bonds is 5. The molecule has 5 nitrogen and oxygen atoms in total. The number of hydrogen-bond donors (Lipinski definition) is 2. The third kappa shape index (κ3) is 3.53. The first-order valence-electron chi connectivity index (χ1n) is 7.79. The van der Waals surface area contributed by atoms with Crippen LogP contribution in [-0.4, -0.2) is 30.0 Å². The first-order chi connectivity index (χ1) is 10.0. The van der Waals surface area contributed by atoms with Gasteiger partial charge in [-0.25, -0.2) is 4.98 Å².